The van der Waals surface area contributed by atoms with Crippen molar-refractivity contribution in [1.29, 1.82) is 0 Å². The zero-order chi connectivity index (χ0) is 12.3. The first-order valence-electron chi connectivity index (χ1n) is 6.60. The van der Waals surface area contributed by atoms with Crippen LogP contribution in [0, 0.1) is 6.92 Å². The molecule has 0 radical (unpaired) electrons. The van der Waals surface area contributed by atoms with E-state index in [-0.39, 0.29) is 6.10 Å². The Morgan fingerprint density at radius 1 is 1.29 bits per heavy atom. The molecule has 1 aromatic rings. The minimum Gasteiger partial charge on any atom is -0.391 e. The molecule has 2 nitrogen and oxygen atoms in total. The summed E-state index contributed by atoms with van der Waals surface area (Å²) in [7, 11) is 2.13. The van der Waals surface area contributed by atoms with E-state index in [1.165, 1.54) is 24.0 Å². The standard InChI is InChI=1S/C15H23NO/c1-12-6-5-7-13(10-12)11-16(2)14-8-3-4-9-15(14)17/h5-7,10,14-15,17H,3-4,8-9,11H2,1-2H3. The Hall–Kier alpha value is -0.860. The molecule has 0 amide bonds. The topological polar surface area (TPSA) is 23.5 Å². The zero-order valence-electron chi connectivity index (χ0n) is 10.9. The number of aliphatic hydroxyl groups is 1. The molecule has 0 saturated heterocycles. The summed E-state index contributed by atoms with van der Waals surface area (Å²) in [6.07, 6.45) is 4.38. The van der Waals surface area contributed by atoms with Gasteiger partial charge in [-0.1, -0.05) is 42.7 Å². The van der Waals surface area contributed by atoms with Crippen LogP contribution < -0.4 is 0 Å². The summed E-state index contributed by atoms with van der Waals surface area (Å²) < 4.78 is 0. The Balaban J connectivity index is 1.98. The van der Waals surface area contributed by atoms with Gasteiger partial charge in [0.2, 0.25) is 0 Å². The van der Waals surface area contributed by atoms with Gasteiger partial charge >= 0.3 is 0 Å². The molecular weight excluding hydrogens is 210 g/mol. The molecule has 2 heteroatoms. The fraction of sp³-hybridized carbons (Fsp3) is 0.600. The van der Waals surface area contributed by atoms with E-state index in [4.69, 9.17) is 0 Å². The molecule has 2 rings (SSSR count). The normalized spacial score (nSPS) is 25.2. The van der Waals surface area contributed by atoms with Gasteiger partial charge in [0.25, 0.3) is 0 Å². The van der Waals surface area contributed by atoms with Crippen molar-refractivity contribution in [2.45, 2.75) is 51.3 Å². The molecule has 1 aliphatic rings. The third-order valence-corrected chi connectivity index (χ3v) is 3.77. The predicted octanol–water partition coefficient (Wildman–Crippen LogP) is 2.73. The highest BCUT2D eigenvalue weighted by Gasteiger charge is 2.26. The van der Waals surface area contributed by atoms with Gasteiger partial charge in [0.05, 0.1) is 6.10 Å². The van der Waals surface area contributed by atoms with Crippen molar-refractivity contribution in [2.24, 2.45) is 0 Å². The van der Waals surface area contributed by atoms with Crippen LogP contribution in [-0.2, 0) is 6.54 Å². The Kier molecular flexibility index (Phi) is 4.19. The minimum atomic E-state index is -0.140. The molecule has 0 aromatic heterocycles. The van der Waals surface area contributed by atoms with E-state index in [1.807, 2.05) is 0 Å². The number of likely N-dealkylation sites (N-methyl/N-ethyl adjacent to an activating group) is 1. The number of hydrogen-bond donors (Lipinski definition) is 1. The summed E-state index contributed by atoms with van der Waals surface area (Å²) in [4.78, 5) is 2.30. The number of hydrogen-bond acceptors (Lipinski definition) is 2. The molecule has 1 N–H and O–H groups in total. The lowest BCUT2D eigenvalue weighted by Crippen LogP contribution is -2.42. The third kappa shape index (κ3) is 3.30. The van der Waals surface area contributed by atoms with Crippen LogP contribution in [0.1, 0.15) is 36.8 Å². The van der Waals surface area contributed by atoms with E-state index in [0.29, 0.717) is 6.04 Å². The van der Waals surface area contributed by atoms with E-state index < -0.39 is 0 Å². The van der Waals surface area contributed by atoms with Crippen molar-refractivity contribution in [2.75, 3.05) is 7.05 Å². The van der Waals surface area contributed by atoms with E-state index in [0.717, 1.165) is 19.4 Å². The van der Waals surface area contributed by atoms with Gasteiger partial charge in [-0.05, 0) is 32.4 Å². The monoisotopic (exact) mass is 233 g/mol. The van der Waals surface area contributed by atoms with Crippen LogP contribution in [0.3, 0.4) is 0 Å². The summed E-state index contributed by atoms with van der Waals surface area (Å²) >= 11 is 0. The van der Waals surface area contributed by atoms with Crippen molar-refractivity contribution < 1.29 is 5.11 Å². The number of nitrogens with zero attached hydrogens (tertiary/aromatic N) is 1. The van der Waals surface area contributed by atoms with Crippen LogP contribution in [0.15, 0.2) is 24.3 Å². The average Bonchev–Trinajstić information content (AvgIpc) is 2.29. The quantitative estimate of drug-likeness (QED) is 0.867. The maximum Gasteiger partial charge on any atom is 0.0695 e. The van der Waals surface area contributed by atoms with Crippen LogP contribution in [0.2, 0.25) is 0 Å². The van der Waals surface area contributed by atoms with Gasteiger partial charge in [-0.15, -0.1) is 0 Å². The molecule has 94 valence electrons. The summed E-state index contributed by atoms with van der Waals surface area (Å²) in [5.41, 5.74) is 2.64. The van der Waals surface area contributed by atoms with E-state index >= 15 is 0 Å². The third-order valence-electron chi connectivity index (χ3n) is 3.77. The fourth-order valence-electron chi connectivity index (χ4n) is 2.82. The molecule has 1 fully saturated rings. The van der Waals surface area contributed by atoms with E-state index in [9.17, 15) is 5.11 Å². The largest absolute Gasteiger partial charge is 0.391 e. The zero-order valence-corrected chi connectivity index (χ0v) is 10.9. The van der Waals surface area contributed by atoms with Crippen LogP contribution in [-0.4, -0.2) is 29.2 Å². The van der Waals surface area contributed by atoms with Gasteiger partial charge in [0.1, 0.15) is 0 Å². The summed E-state index contributed by atoms with van der Waals surface area (Å²) in [6.45, 7) is 3.06. The summed E-state index contributed by atoms with van der Waals surface area (Å²) in [6, 6.07) is 8.96. The highest BCUT2D eigenvalue weighted by molar-refractivity contribution is 5.22. The molecule has 2 atom stereocenters. The lowest BCUT2D eigenvalue weighted by Gasteiger charge is -2.35. The second kappa shape index (κ2) is 5.65. The number of rotatable bonds is 3. The number of aryl methyl sites for hydroxylation is 1. The Morgan fingerprint density at radius 2 is 2.06 bits per heavy atom. The van der Waals surface area contributed by atoms with Crippen molar-refractivity contribution >= 4 is 0 Å². The van der Waals surface area contributed by atoms with Gasteiger partial charge in [0, 0.05) is 12.6 Å². The van der Waals surface area contributed by atoms with Gasteiger partial charge in [-0.25, -0.2) is 0 Å². The molecule has 0 heterocycles. The summed E-state index contributed by atoms with van der Waals surface area (Å²) in [5.74, 6) is 0. The molecule has 17 heavy (non-hydrogen) atoms. The Bertz CT molecular complexity index is 364. The van der Waals surface area contributed by atoms with Crippen molar-refractivity contribution in [3.63, 3.8) is 0 Å². The van der Waals surface area contributed by atoms with Crippen LogP contribution >= 0.6 is 0 Å². The molecule has 1 aliphatic carbocycles. The van der Waals surface area contributed by atoms with E-state index in [1.54, 1.807) is 0 Å². The maximum atomic E-state index is 10.0. The molecule has 1 saturated carbocycles. The van der Waals surface area contributed by atoms with Crippen molar-refractivity contribution in [3.8, 4) is 0 Å². The number of benzene rings is 1. The maximum absolute atomic E-state index is 10.0. The summed E-state index contributed by atoms with van der Waals surface area (Å²) in [5, 5.41) is 10.0. The Labute approximate surface area is 104 Å². The lowest BCUT2D eigenvalue weighted by molar-refractivity contribution is 0.0288. The molecule has 1 aromatic carbocycles. The van der Waals surface area contributed by atoms with Gasteiger partial charge in [0.15, 0.2) is 0 Å². The Morgan fingerprint density at radius 3 is 2.76 bits per heavy atom. The molecule has 2 unspecified atom stereocenters. The highest BCUT2D eigenvalue weighted by atomic mass is 16.3. The van der Waals surface area contributed by atoms with Crippen LogP contribution in [0.25, 0.3) is 0 Å². The van der Waals surface area contributed by atoms with Gasteiger partial charge in [-0.3, -0.25) is 4.90 Å². The minimum absolute atomic E-state index is 0.140. The molecule has 0 bridgehead atoms. The first kappa shape index (κ1) is 12.6. The molecule has 0 spiro atoms. The second-order valence-corrected chi connectivity index (χ2v) is 5.32. The van der Waals surface area contributed by atoms with Crippen molar-refractivity contribution in [1.82, 2.24) is 4.90 Å². The average molecular weight is 233 g/mol. The molecular formula is C15H23NO. The van der Waals surface area contributed by atoms with E-state index in [2.05, 4.69) is 43.1 Å². The highest BCUT2D eigenvalue weighted by Crippen LogP contribution is 2.23. The second-order valence-electron chi connectivity index (χ2n) is 5.32. The fourth-order valence-corrected chi connectivity index (χ4v) is 2.82. The number of aliphatic hydroxyl groups excluding tert-OH is 1. The van der Waals surface area contributed by atoms with Gasteiger partial charge in [-0.2, -0.15) is 0 Å². The van der Waals surface area contributed by atoms with Crippen LogP contribution in [0.5, 0.6) is 0 Å². The van der Waals surface area contributed by atoms with Crippen molar-refractivity contribution in [3.05, 3.63) is 35.4 Å². The lowest BCUT2D eigenvalue weighted by atomic mass is 9.91. The van der Waals surface area contributed by atoms with Crippen LogP contribution in [0.4, 0.5) is 0 Å². The predicted molar refractivity (Wildman–Crippen MR) is 70.9 cm³/mol. The SMILES string of the molecule is Cc1cccc(CN(C)C2CCCCC2O)c1. The smallest absolute Gasteiger partial charge is 0.0695 e. The van der Waals surface area contributed by atoms with Gasteiger partial charge < -0.3 is 5.11 Å². The molecule has 0 aliphatic heterocycles. The first-order chi connectivity index (χ1) is 8.16. The first-order valence-corrected chi connectivity index (χ1v) is 6.60.